The molecule has 38 heavy (non-hydrogen) atoms. The molecule has 1 N–H and O–H groups in total. The highest BCUT2D eigenvalue weighted by Gasteiger charge is 2.35. The number of hydrogen-bond donors (Lipinski definition) is 1. The molecule has 0 fully saturated rings. The zero-order valence-electron chi connectivity index (χ0n) is 21.2. The van der Waals surface area contributed by atoms with Crippen LogP contribution in [0.1, 0.15) is 42.0 Å². The largest absolute Gasteiger partial charge is 0.497 e. The minimum atomic E-state index is -1.02. The summed E-state index contributed by atoms with van der Waals surface area (Å²) < 4.78 is 7.12. The van der Waals surface area contributed by atoms with Crippen LogP contribution in [0.4, 0.5) is 0 Å². The van der Waals surface area contributed by atoms with E-state index >= 15 is 0 Å². The number of para-hydroxylation sites is 1. The van der Waals surface area contributed by atoms with Gasteiger partial charge in [0.15, 0.2) is 0 Å². The predicted molar refractivity (Wildman–Crippen MR) is 144 cm³/mol. The number of carboxylic acids is 1. The van der Waals surface area contributed by atoms with Gasteiger partial charge in [-0.25, -0.2) is 9.69 Å². The minimum Gasteiger partial charge on any atom is -0.497 e. The van der Waals surface area contributed by atoms with E-state index in [4.69, 9.17) is 20.0 Å². The fraction of sp³-hybridized carbons (Fsp3) is 0.200. The van der Waals surface area contributed by atoms with Crippen LogP contribution in [0.25, 0.3) is 16.9 Å². The molecule has 1 unspecified atom stereocenters. The maximum atomic E-state index is 13.2. The molecule has 0 radical (unpaired) electrons. The maximum Gasteiger partial charge on any atom is 0.303 e. The molecular formula is C30H28N4O4. The molecule has 3 aromatic carbocycles. The lowest BCUT2D eigenvalue weighted by atomic mass is 9.96. The van der Waals surface area contributed by atoms with Crippen LogP contribution in [0.15, 0.2) is 90.2 Å². The highest BCUT2D eigenvalue weighted by Crippen LogP contribution is 2.36. The van der Waals surface area contributed by atoms with E-state index in [-0.39, 0.29) is 24.8 Å². The van der Waals surface area contributed by atoms with Crippen LogP contribution < -0.4 is 4.74 Å². The number of amides is 1. The van der Waals surface area contributed by atoms with Gasteiger partial charge < -0.3 is 9.84 Å². The molecule has 2 heterocycles. The van der Waals surface area contributed by atoms with E-state index in [9.17, 15) is 9.59 Å². The number of aliphatic carboxylic acids is 1. The summed E-state index contributed by atoms with van der Waals surface area (Å²) in [5.41, 5.74) is 6.19. The number of methoxy groups -OCH3 is 1. The van der Waals surface area contributed by atoms with Crippen molar-refractivity contribution in [2.24, 2.45) is 5.10 Å². The molecule has 8 nitrogen and oxygen atoms in total. The third kappa shape index (κ3) is 5.20. The molecule has 0 spiro atoms. The van der Waals surface area contributed by atoms with E-state index in [0.29, 0.717) is 17.9 Å². The lowest BCUT2D eigenvalue weighted by Crippen LogP contribution is -2.27. The quantitative estimate of drug-likeness (QED) is 0.344. The Bertz CT molecular complexity index is 1480. The van der Waals surface area contributed by atoms with E-state index in [1.807, 2.05) is 96.7 Å². The number of hydrogen-bond acceptors (Lipinski definition) is 5. The first-order valence-electron chi connectivity index (χ1n) is 12.4. The highest BCUT2D eigenvalue weighted by molar-refractivity contribution is 6.07. The summed E-state index contributed by atoms with van der Waals surface area (Å²) in [5.74, 6) is -0.647. The molecular weight excluding hydrogens is 480 g/mol. The van der Waals surface area contributed by atoms with Crippen molar-refractivity contribution in [2.45, 2.75) is 32.2 Å². The number of rotatable bonds is 8. The van der Waals surface area contributed by atoms with Crippen LogP contribution in [0.2, 0.25) is 0 Å². The first-order chi connectivity index (χ1) is 18.4. The maximum absolute atomic E-state index is 13.2. The number of benzene rings is 3. The van der Waals surface area contributed by atoms with Crippen molar-refractivity contribution < 1.29 is 19.4 Å². The van der Waals surface area contributed by atoms with Gasteiger partial charge in [0, 0.05) is 30.2 Å². The van der Waals surface area contributed by atoms with Crippen LogP contribution in [-0.2, 0) is 9.59 Å². The van der Waals surface area contributed by atoms with Gasteiger partial charge in [-0.1, -0.05) is 60.2 Å². The number of aromatic nitrogens is 2. The summed E-state index contributed by atoms with van der Waals surface area (Å²) in [5, 5.41) is 20.2. The number of hydrazone groups is 1. The van der Waals surface area contributed by atoms with Crippen LogP contribution in [-0.4, -0.2) is 44.6 Å². The third-order valence-corrected chi connectivity index (χ3v) is 6.59. The number of nitrogens with zero attached hydrogens (tertiary/aromatic N) is 4. The molecule has 1 aromatic heterocycles. The standard InChI is InChI=1S/C30H28N4O4/c1-20-8-10-22(11-9-20)30-25(19-33(32-30)23-6-4-3-5-7-23)26-18-27(21-12-14-24(38-2)15-13-21)34(31-26)28(35)16-17-29(36)37/h3-15,19,27H,16-18H2,1-2H3,(H,36,37). The van der Waals surface area contributed by atoms with Gasteiger partial charge in [0.2, 0.25) is 5.91 Å². The Labute approximate surface area is 220 Å². The van der Waals surface area contributed by atoms with Gasteiger partial charge in [-0.15, -0.1) is 0 Å². The fourth-order valence-corrected chi connectivity index (χ4v) is 4.54. The Kier molecular flexibility index (Phi) is 7.04. The topological polar surface area (TPSA) is 97.0 Å². The molecule has 0 aliphatic carbocycles. The number of carboxylic acid groups (broad SMARTS) is 1. The molecule has 1 aliphatic rings. The molecule has 1 amide bonds. The van der Waals surface area contributed by atoms with E-state index in [1.165, 1.54) is 5.01 Å². The second kappa shape index (κ2) is 10.7. The summed E-state index contributed by atoms with van der Waals surface area (Å²) >= 11 is 0. The Morgan fingerprint density at radius 2 is 1.68 bits per heavy atom. The second-order valence-electron chi connectivity index (χ2n) is 9.21. The monoisotopic (exact) mass is 508 g/mol. The van der Waals surface area contributed by atoms with E-state index < -0.39 is 5.97 Å². The summed E-state index contributed by atoms with van der Waals surface area (Å²) in [6.07, 6.45) is 2.02. The van der Waals surface area contributed by atoms with Crippen LogP contribution in [0.5, 0.6) is 5.75 Å². The lowest BCUT2D eigenvalue weighted by molar-refractivity contribution is -0.141. The van der Waals surface area contributed by atoms with Crippen LogP contribution >= 0.6 is 0 Å². The van der Waals surface area contributed by atoms with E-state index in [0.717, 1.165) is 33.6 Å². The van der Waals surface area contributed by atoms with Gasteiger partial charge in [-0.2, -0.15) is 10.2 Å². The van der Waals surface area contributed by atoms with Crippen molar-refractivity contribution in [2.75, 3.05) is 7.11 Å². The van der Waals surface area contributed by atoms with Crippen molar-refractivity contribution in [1.82, 2.24) is 14.8 Å². The molecule has 4 aromatic rings. The van der Waals surface area contributed by atoms with Crippen LogP contribution in [0.3, 0.4) is 0 Å². The lowest BCUT2D eigenvalue weighted by Gasteiger charge is -2.22. The molecule has 192 valence electrons. The molecule has 0 saturated heterocycles. The second-order valence-corrected chi connectivity index (χ2v) is 9.21. The minimum absolute atomic E-state index is 0.132. The average molecular weight is 509 g/mol. The molecule has 1 atom stereocenters. The first-order valence-corrected chi connectivity index (χ1v) is 12.4. The van der Waals surface area contributed by atoms with Gasteiger partial charge in [0.25, 0.3) is 0 Å². The van der Waals surface area contributed by atoms with Crippen molar-refractivity contribution in [3.8, 4) is 22.7 Å². The van der Waals surface area contributed by atoms with Gasteiger partial charge in [0.1, 0.15) is 11.4 Å². The number of carbonyl (C=O) groups is 2. The molecule has 5 rings (SSSR count). The molecule has 1 aliphatic heterocycles. The van der Waals surface area contributed by atoms with Crippen LogP contribution in [0, 0.1) is 6.92 Å². The summed E-state index contributed by atoms with van der Waals surface area (Å²) in [6.45, 7) is 2.04. The predicted octanol–water partition coefficient (Wildman–Crippen LogP) is 5.40. The molecule has 0 bridgehead atoms. The smallest absolute Gasteiger partial charge is 0.303 e. The zero-order chi connectivity index (χ0) is 26.6. The fourth-order valence-electron chi connectivity index (χ4n) is 4.54. The Hall–Kier alpha value is -4.72. The van der Waals surface area contributed by atoms with E-state index in [1.54, 1.807) is 7.11 Å². The number of aryl methyl sites for hydroxylation is 1. The summed E-state index contributed by atoms with van der Waals surface area (Å²) in [4.78, 5) is 24.3. The number of ether oxygens (including phenoxy) is 1. The SMILES string of the molecule is COc1ccc(C2CC(c3cn(-c4ccccc4)nc3-c3ccc(C)cc3)=NN2C(=O)CCC(=O)O)cc1. The Morgan fingerprint density at radius 1 is 0.974 bits per heavy atom. The van der Waals surface area contributed by atoms with Gasteiger partial charge in [0.05, 0.1) is 31.0 Å². The average Bonchev–Trinajstić information content (AvgIpc) is 3.58. The van der Waals surface area contributed by atoms with Gasteiger partial charge in [-0.3, -0.25) is 9.59 Å². The molecule has 0 saturated carbocycles. The van der Waals surface area contributed by atoms with Crippen molar-refractivity contribution in [3.63, 3.8) is 0 Å². The Balaban J connectivity index is 1.58. The molecule has 8 heteroatoms. The van der Waals surface area contributed by atoms with Gasteiger partial charge >= 0.3 is 5.97 Å². The Morgan fingerprint density at radius 3 is 2.34 bits per heavy atom. The highest BCUT2D eigenvalue weighted by atomic mass is 16.5. The first kappa shape index (κ1) is 25.0. The van der Waals surface area contributed by atoms with Gasteiger partial charge in [-0.05, 0) is 36.8 Å². The van der Waals surface area contributed by atoms with Crippen molar-refractivity contribution in [3.05, 3.63) is 102 Å². The summed E-state index contributed by atoms with van der Waals surface area (Å²) in [6, 6.07) is 25.1. The normalized spacial score (nSPS) is 14.8. The summed E-state index contributed by atoms with van der Waals surface area (Å²) in [7, 11) is 1.60. The third-order valence-electron chi connectivity index (χ3n) is 6.59. The van der Waals surface area contributed by atoms with E-state index in [2.05, 4.69) is 0 Å². The zero-order valence-corrected chi connectivity index (χ0v) is 21.2. The van der Waals surface area contributed by atoms with Crippen molar-refractivity contribution in [1.29, 1.82) is 0 Å². The van der Waals surface area contributed by atoms with Crippen molar-refractivity contribution >= 4 is 17.6 Å². The number of carbonyl (C=O) groups excluding carboxylic acids is 1.